The van der Waals surface area contributed by atoms with Crippen LogP contribution in [0.4, 0.5) is 14.5 Å². The van der Waals surface area contributed by atoms with E-state index >= 15 is 0 Å². The van der Waals surface area contributed by atoms with Gasteiger partial charge in [-0.25, -0.2) is 13.6 Å². The Kier molecular flexibility index (Phi) is 2.73. The first-order valence-corrected chi connectivity index (χ1v) is 6.48. The lowest BCUT2D eigenvalue weighted by Gasteiger charge is -2.50. The van der Waals surface area contributed by atoms with Crippen molar-refractivity contribution in [2.75, 3.05) is 18.0 Å². The number of halogens is 2. The number of anilines is 1. The molecule has 1 saturated carbocycles. The molecular weight excluding hydrogens is 252 g/mol. The molecule has 102 valence electrons. The van der Waals surface area contributed by atoms with Crippen LogP contribution in [0.25, 0.3) is 0 Å². The van der Waals surface area contributed by atoms with Gasteiger partial charge in [-0.3, -0.25) is 0 Å². The first kappa shape index (κ1) is 12.4. The molecule has 0 bridgehead atoms. The number of hydrogen-bond acceptors (Lipinski definition) is 2. The molecule has 0 radical (unpaired) electrons. The first-order valence-electron chi connectivity index (χ1n) is 6.48. The molecule has 1 spiro atoms. The number of rotatable bonds is 2. The van der Waals surface area contributed by atoms with Gasteiger partial charge in [-0.2, -0.15) is 0 Å². The van der Waals surface area contributed by atoms with Gasteiger partial charge in [-0.15, -0.1) is 0 Å². The van der Waals surface area contributed by atoms with Gasteiger partial charge < -0.3 is 10.0 Å². The summed E-state index contributed by atoms with van der Waals surface area (Å²) in [5.74, 6) is -3.33. The topological polar surface area (TPSA) is 40.5 Å². The van der Waals surface area contributed by atoms with Crippen molar-refractivity contribution in [2.24, 2.45) is 5.41 Å². The van der Waals surface area contributed by atoms with Gasteiger partial charge in [0.2, 0.25) is 0 Å². The molecule has 1 saturated heterocycles. The van der Waals surface area contributed by atoms with E-state index in [4.69, 9.17) is 5.11 Å². The molecule has 2 fully saturated rings. The normalized spacial score (nSPS) is 20.6. The van der Waals surface area contributed by atoms with Crippen LogP contribution in [0.1, 0.15) is 36.0 Å². The quantitative estimate of drug-likeness (QED) is 0.895. The highest BCUT2D eigenvalue weighted by Gasteiger charge is 2.45. The van der Waals surface area contributed by atoms with Crippen LogP contribution in [0.15, 0.2) is 12.1 Å². The van der Waals surface area contributed by atoms with Crippen molar-refractivity contribution in [1.82, 2.24) is 0 Å². The van der Waals surface area contributed by atoms with E-state index in [1.54, 1.807) is 0 Å². The lowest BCUT2D eigenvalue weighted by atomic mass is 9.78. The molecule has 1 aromatic rings. The summed E-state index contributed by atoms with van der Waals surface area (Å²) in [7, 11) is 0. The maximum absolute atomic E-state index is 13.3. The predicted molar refractivity (Wildman–Crippen MR) is 66.4 cm³/mol. The summed E-state index contributed by atoms with van der Waals surface area (Å²) in [4.78, 5) is 13.0. The van der Waals surface area contributed by atoms with Gasteiger partial charge in [-0.05, 0) is 18.9 Å². The fraction of sp³-hybridized carbons (Fsp3) is 0.500. The Morgan fingerprint density at radius 2 is 1.74 bits per heavy atom. The zero-order chi connectivity index (χ0) is 13.6. The van der Waals surface area contributed by atoms with Crippen molar-refractivity contribution in [3.8, 4) is 0 Å². The van der Waals surface area contributed by atoms with Crippen LogP contribution in [-0.4, -0.2) is 24.2 Å². The zero-order valence-corrected chi connectivity index (χ0v) is 10.5. The Labute approximate surface area is 109 Å². The number of carbonyl (C=O) groups is 1. The minimum atomic E-state index is -1.22. The Morgan fingerprint density at radius 3 is 2.32 bits per heavy atom. The van der Waals surface area contributed by atoms with E-state index in [0.29, 0.717) is 5.69 Å². The Bertz CT molecular complexity index is 530. The van der Waals surface area contributed by atoms with Crippen molar-refractivity contribution in [1.29, 1.82) is 0 Å². The van der Waals surface area contributed by atoms with Crippen molar-refractivity contribution in [2.45, 2.75) is 25.7 Å². The molecule has 1 heterocycles. The molecule has 5 heteroatoms. The molecule has 2 aliphatic rings. The monoisotopic (exact) mass is 267 g/mol. The molecule has 1 aliphatic carbocycles. The molecule has 0 atom stereocenters. The minimum absolute atomic E-state index is 0.160. The standard InChI is InChI=1S/C14H15F2NO2/c15-10-5-9(13(18)19)12(6-11(10)16)17-7-14(8-17)3-1-2-4-14/h5-6H,1-4,7-8H2,(H,18,19). The van der Waals surface area contributed by atoms with Gasteiger partial charge in [-0.1, -0.05) is 12.8 Å². The zero-order valence-electron chi connectivity index (χ0n) is 10.5. The van der Waals surface area contributed by atoms with Crippen molar-refractivity contribution in [3.63, 3.8) is 0 Å². The molecule has 0 amide bonds. The fourth-order valence-corrected chi connectivity index (χ4v) is 3.34. The second-order valence-corrected chi connectivity index (χ2v) is 5.65. The summed E-state index contributed by atoms with van der Waals surface area (Å²) in [6, 6.07) is 1.77. The van der Waals surface area contributed by atoms with Crippen LogP contribution in [0.5, 0.6) is 0 Å². The van der Waals surface area contributed by atoms with Gasteiger partial charge in [0.15, 0.2) is 11.6 Å². The smallest absolute Gasteiger partial charge is 0.337 e. The second-order valence-electron chi connectivity index (χ2n) is 5.65. The summed E-state index contributed by atoms with van der Waals surface area (Å²) in [6.07, 6.45) is 4.71. The van der Waals surface area contributed by atoms with Crippen LogP contribution in [0.2, 0.25) is 0 Å². The molecule has 3 rings (SSSR count). The van der Waals surface area contributed by atoms with Gasteiger partial charge in [0, 0.05) is 24.6 Å². The van der Waals surface area contributed by atoms with E-state index in [1.807, 2.05) is 4.90 Å². The third-order valence-electron chi connectivity index (χ3n) is 4.33. The molecule has 19 heavy (non-hydrogen) atoms. The van der Waals surface area contributed by atoms with E-state index in [1.165, 1.54) is 12.8 Å². The highest BCUT2D eigenvalue weighted by Crippen LogP contribution is 2.47. The van der Waals surface area contributed by atoms with E-state index in [2.05, 4.69) is 0 Å². The summed E-state index contributed by atoms with van der Waals surface area (Å²) < 4.78 is 26.5. The molecule has 1 aliphatic heterocycles. The lowest BCUT2D eigenvalue weighted by molar-refractivity contribution is 0.0695. The van der Waals surface area contributed by atoms with Crippen LogP contribution in [-0.2, 0) is 0 Å². The average molecular weight is 267 g/mol. The average Bonchev–Trinajstić information content (AvgIpc) is 2.79. The maximum Gasteiger partial charge on any atom is 0.337 e. The van der Waals surface area contributed by atoms with E-state index in [-0.39, 0.29) is 11.0 Å². The number of hydrogen-bond donors (Lipinski definition) is 1. The minimum Gasteiger partial charge on any atom is -0.478 e. The largest absolute Gasteiger partial charge is 0.478 e. The number of benzene rings is 1. The Morgan fingerprint density at radius 1 is 1.16 bits per heavy atom. The summed E-state index contributed by atoms with van der Waals surface area (Å²) >= 11 is 0. The third kappa shape index (κ3) is 1.97. The van der Waals surface area contributed by atoms with Crippen LogP contribution in [0.3, 0.4) is 0 Å². The number of nitrogens with zero attached hydrogens (tertiary/aromatic N) is 1. The van der Waals surface area contributed by atoms with E-state index < -0.39 is 17.6 Å². The van der Waals surface area contributed by atoms with Gasteiger partial charge >= 0.3 is 5.97 Å². The molecule has 0 unspecified atom stereocenters. The van der Waals surface area contributed by atoms with Crippen molar-refractivity contribution in [3.05, 3.63) is 29.3 Å². The van der Waals surface area contributed by atoms with E-state index in [9.17, 15) is 13.6 Å². The van der Waals surface area contributed by atoms with Gasteiger partial charge in [0.25, 0.3) is 0 Å². The molecule has 1 N–H and O–H groups in total. The maximum atomic E-state index is 13.3. The molecular formula is C14H15F2NO2. The number of aromatic carboxylic acids is 1. The number of carboxylic acid groups (broad SMARTS) is 1. The van der Waals surface area contributed by atoms with E-state index in [0.717, 1.165) is 38.1 Å². The predicted octanol–water partition coefficient (Wildman–Crippen LogP) is 3.04. The van der Waals surface area contributed by atoms with Crippen LogP contribution in [0, 0.1) is 17.0 Å². The van der Waals surface area contributed by atoms with Crippen molar-refractivity contribution < 1.29 is 18.7 Å². The van der Waals surface area contributed by atoms with Crippen LogP contribution < -0.4 is 4.90 Å². The molecule has 0 aromatic heterocycles. The summed E-state index contributed by atoms with van der Waals surface area (Å²) in [5, 5.41) is 9.09. The highest BCUT2D eigenvalue weighted by atomic mass is 19.2. The number of carboxylic acids is 1. The molecule has 1 aromatic carbocycles. The Hall–Kier alpha value is -1.65. The summed E-state index contributed by atoms with van der Waals surface area (Å²) in [5.41, 5.74) is 0.413. The Balaban J connectivity index is 1.89. The molecule has 3 nitrogen and oxygen atoms in total. The fourth-order valence-electron chi connectivity index (χ4n) is 3.34. The summed E-state index contributed by atoms with van der Waals surface area (Å²) in [6.45, 7) is 1.50. The lowest BCUT2D eigenvalue weighted by Crippen LogP contribution is -2.55. The third-order valence-corrected chi connectivity index (χ3v) is 4.33. The highest BCUT2D eigenvalue weighted by molar-refractivity contribution is 5.94. The van der Waals surface area contributed by atoms with Crippen LogP contribution >= 0.6 is 0 Å². The SMILES string of the molecule is O=C(O)c1cc(F)c(F)cc1N1CC2(CCCC2)C1. The first-order chi connectivity index (χ1) is 9.01. The van der Waals surface area contributed by atoms with Crippen molar-refractivity contribution >= 4 is 11.7 Å². The van der Waals surface area contributed by atoms with Gasteiger partial charge in [0.1, 0.15) is 0 Å². The second kappa shape index (κ2) is 4.18. The van der Waals surface area contributed by atoms with Gasteiger partial charge in [0.05, 0.1) is 11.3 Å².